The van der Waals surface area contributed by atoms with E-state index in [2.05, 4.69) is 47.6 Å². The summed E-state index contributed by atoms with van der Waals surface area (Å²) in [6.45, 7) is 14.9. The van der Waals surface area contributed by atoms with Crippen molar-refractivity contribution in [3.8, 4) is 0 Å². The normalized spacial score (nSPS) is 50.2. The van der Waals surface area contributed by atoms with Gasteiger partial charge in [0.05, 0.1) is 12.0 Å². The fourth-order valence-electron chi connectivity index (χ4n) is 10.9. The highest BCUT2D eigenvalue weighted by Crippen LogP contribution is 2.75. The Morgan fingerprint density at radius 2 is 1.64 bits per heavy atom. The van der Waals surface area contributed by atoms with Gasteiger partial charge >= 0.3 is 5.97 Å². The number of carboxylic acids is 1. The summed E-state index contributed by atoms with van der Waals surface area (Å²) >= 11 is 0. The molecule has 5 aliphatic rings. The standard InChI is InChI=1S/C30H48O3/c1-25(2)14-15-29(24(32)33)16-17-30(19-31)20(21(29)18-25)8-9-23-27(5)12-7-11-26(3,4)22(27)10-13-28(23,30)6/h8,21-23,31H,7,9-19H2,1-6H3,(H,32,33)/t21-,22-,23+,27-,28+,29-,30-/m0/s1. The van der Waals surface area contributed by atoms with Gasteiger partial charge in [-0.25, -0.2) is 0 Å². The summed E-state index contributed by atoms with van der Waals surface area (Å²) in [6, 6.07) is 0. The third kappa shape index (κ3) is 2.93. The first-order valence-corrected chi connectivity index (χ1v) is 13.8. The van der Waals surface area contributed by atoms with Gasteiger partial charge in [-0.3, -0.25) is 4.79 Å². The van der Waals surface area contributed by atoms with Gasteiger partial charge in [0.25, 0.3) is 0 Å². The molecule has 3 nitrogen and oxygen atoms in total. The van der Waals surface area contributed by atoms with Crippen LogP contribution >= 0.6 is 0 Å². The van der Waals surface area contributed by atoms with E-state index in [1.807, 2.05) is 0 Å². The van der Waals surface area contributed by atoms with Gasteiger partial charge in [-0.1, -0.05) is 59.6 Å². The molecule has 7 atom stereocenters. The monoisotopic (exact) mass is 456 g/mol. The Kier molecular flexibility index (Phi) is 5.15. The highest BCUT2D eigenvalue weighted by molar-refractivity contribution is 5.76. The first-order chi connectivity index (χ1) is 15.3. The minimum absolute atomic E-state index is 0.0523. The average Bonchev–Trinajstić information content (AvgIpc) is 2.72. The minimum Gasteiger partial charge on any atom is -0.481 e. The third-order valence-electron chi connectivity index (χ3n) is 12.8. The summed E-state index contributed by atoms with van der Waals surface area (Å²) in [5.41, 5.74) is 1.39. The minimum atomic E-state index is -0.628. The number of rotatable bonds is 2. The quantitative estimate of drug-likeness (QED) is 0.431. The van der Waals surface area contributed by atoms with Gasteiger partial charge in [0, 0.05) is 5.41 Å². The lowest BCUT2D eigenvalue weighted by Gasteiger charge is -2.71. The van der Waals surface area contributed by atoms with Gasteiger partial charge in [-0.15, -0.1) is 0 Å². The van der Waals surface area contributed by atoms with E-state index in [0.717, 1.165) is 44.4 Å². The average molecular weight is 457 g/mol. The zero-order valence-corrected chi connectivity index (χ0v) is 22.1. The Labute approximate surface area is 201 Å². The van der Waals surface area contributed by atoms with E-state index in [1.54, 1.807) is 0 Å². The number of allylic oxidation sites excluding steroid dienone is 1. The molecule has 0 amide bonds. The number of carbonyl (C=O) groups is 1. The fraction of sp³-hybridized carbons (Fsp3) is 0.900. The molecular formula is C30H48O3. The fourth-order valence-corrected chi connectivity index (χ4v) is 10.9. The van der Waals surface area contributed by atoms with Crippen LogP contribution in [-0.2, 0) is 4.79 Å². The Morgan fingerprint density at radius 3 is 2.30 bits per heavy atom. The molecule has 0 unspecified atom stereocenters. The van der Waals surface area contributed by atoms with Crippen molar-refractivity contribution in [2.45, 2.75) is 112 Å². The van der Waals surface area contributed by atoms with E-state index in [9.17, 15) is 15.0 Å². The van der Waals surface area contributed by atoms with Gasteiger partial charge in [-0.05, 0) is 104 Å². The number of aliphatic carboxylic acids is 1. The predicted molar refractivity (Wildman–Crippen MR) is 133 cm³/mol. The molecule has 2 N–H and O–H groups in total. The number of carboxylic acid groups (broad SMARTS) is 1. The SMILES string of the molecule is CC1(C)CC[C@]2(C(=O)O)CC[C@]3(CO)C(=CC[C@@H]4[C@@]5(C)CCCC(C)(C)[C@@H]5CC[C@]43C)[C@@H]2C1. The van der Waals surface area contributed by atoms with Gasteiger partial charge in [0.15, 0.2) is 0 Å². The van der Waals surface area contributed by atoms with Crippen molar-refractivity contribution >= 4 is 5.97 Å². The van der Waals surface area contributed by atoms with Gasteiger partial charge in [0.1, 0.15) is 0 Å². The lowest BCUT2D eigenvalue weighted by Crippen LogP contribution is -2.65. The molecule has 0 radical (unpaired) electrons. The van der Waals surface area contributed by atoms with Gasteiger partial charge < -0.3 is 10.2 Å². The van der Waals surface area contributed by atoms with E-state index in [1.165, 1.54) is 37.7 Å². The highest BCUT2D eigenvalue weighted by atomic mass is 16.4. The molecule has 0 aromatic rings. The van der Waals surface area contributed by atoms with Crippen LogP contribution in [0.1, 0.15) is 112 Å². The van der Waals surface area contributed by atoms with Crippen molar-refractivity contribution in [2.24, 2.45) is 50.2 Å². The molecule has 4 fully saturated rings. The lowest BCUT2D eigenvalue weighted by atomic mass is 9.33. The molecule has 33 heavy (non-hydrogen) atoms. The summed E-state index contributed by atoms with van der Waals surface area (Å²) in [6.07, 6.45) is 14.2. The summed E-state index contributed by atoms with van der Waals surface area (Å²) in [4.78, 5) is 12.8. The van der Waals surface area contributed by atoms with Crippen molar-refractivity contribution in [3.05, 3.63) is 11.6 Å². The Balaban J connectivity index is 1.63. The molecule has 0 aliphatic heterocycles. The summed E-state index contributed by atoms with van der Waals surface area (Å²) in [7, 11) is 0. The summed E-state index contributed by atoms with van der Waals surface area (Å²) in [5.74, 6) is 0.809. The number of aliphatic hydroxyl groups is 1. The van der Waals surface area contributed by atoms with Crippen LogP contribution in [0.2, 0.25) is 0 Å². The molecule has 3 heteroatoms. The maximum atomic E-state index is 12.8. The maximum Gasteiger partial charge on any atom is 0.310 e. The van der Waals surface area contributed by atoms with Crippen LogP contribution in [-0.4, -0.2) is 22.8 Å². The molecule has 5 aliphatic carbocycles. The van der Waals surface area contributed by atoms with Crippen LogP contribution < -0.4 is 0 Å². The van der Waals surface area contributed by atoms with Crippen molar-refractivity contribution in [1.82, 2.24) is 0 Å². The van der Waals surface area contributed by atoms with Crippen LogP contribution in [0, 0.1) is 50.2 Å². The van der Waals surface area contributed by atoms with E-state index in [4.69, 9.17) is 0 Å². The first-order valence-electron chi connectivity index (χ1n) is 13.8. The van der Waals surface area contributed by atoms with Crippen molar-refractivity contribution in [1.29, 1.82) is 0 Å². The van der Waals surface area contributed by atoms with Crippen LogP contribution in [0.4, 0.5) is 0 Å². The van der Waals surface area contributed by atoms with E-state index in [-0.39, 0.29) is 28.8 Å². The molecule has 4 saturated carbocycles. The Morgan fingerprint density at radius 1 is 0.939 bits per heavy atom. The second-order valence-corrected chi connectivity index (χ2v) is 14.9. The molecule has 5 rings (SSSR count). The summed E-state index contributed by atoms with van der Waals surface area (Å²) in [5, 5.41) is 21.7. The van der Waals surface area contributed by atoms with Crippen LogP contribution in [0.3, 0.4) is 0 Å². The van der Waals surface area contributed by atoms with E-state index >= 15 is 0 Å². The predicted octanol–water partition coefficient (Wildman–Crippen LogP) is 7.24. The first kappa shape index (κ1) is 23.9. The molecule has 0 aromatic heterocycles. The highest BCUT2D eigenvalue weighted by Gasteiger charge is 2.69. The molecule has 0 bridgehead atoms. The van der Waals surface area contributed by atoms with Crippen molar-refractivity contribution < 1.29 is 15.0 Å². The second kappa shape index (κ2) is 7.11. The largest absolute Gasteiger partial charge is 0.481 e. The lowest BCUT2D eigenvalue weighted by molar-refractivity contribution is -0.198. The smallest absolute Gasteiger partial charge is 0.310 e. The van der Waals surface area contributed by atoms with Gasteiger partial charge in [-0.2, -0.15) is 0 Å². The summed E-state index contributed by atoms with van der Waals surface area (Å²) < 4.78 is 0. The molecule has 0 aromatic carbocycles. The van der Waals surface area contributed by atoms with E-state index < -0.39 is 11.4 Å². The van der Waals surface area contributed by atoms with Crippen LogP contribution in [0.25, 0.3) is 0 Å². The molecule has 186 valence electrons. The van der Waals surface area contributed by atoms with Crippen LogP contribution in [0.5, 0.6) is 0 Å². The Hall–Kier alpha value is -0.830. The topological polar surface area (TPSA) is 57.5 Å². The van der Waals surface area contributed by atoms with Crippen molar-refractivity contribution in [3.63, 3.8) is 0 Å². The number of fused-ring (bicyclic) bond motifs is 7. The number of aliphatic hydroxyl groups excluding tert-OH is 1. The molecule has 0 spiro atoms. The molecular weight excluding hydrogens is 408 g/mol. The molecule has 0 heterocycles. The third-order valence-corrected chi connectivity index (χ3v) is 12.8. The van der Waals surface area contributed by atoms with Crippen molar-refractivity contribution in [2.75, 3.05) is 6.61 Å². The number of hydrogen-bond acceptors (Lipinski definition) is 2. The maximum absolute atomic E-state index is 12.8. The van der Waals surface area contributed by atoms with Crippen LogP contribution in [0.15, 0.2) is 11.6 Å². The zero-order valence-electron chi connectivity index (χ0n) is 22.1. The zero-order chi connectivity index (χ0) is 24.1. The van der Waals surface area contributed by atoms with E-state index in [0.29, 0.717) is 16.7 Å². The Bertz CT molecular complexity index is 870. The second-order valence-electron chi connectivity index (χ2n) is 14.9. The van der Waals surface area contributed by atoms with Gasteiger partial charge in [0.2, 0.25) is 0 Å². The number of hydrogen-bond donors (Lipinski definition) is 2. The molecule has 0 saturated heterocycles.